The molecule has 1 aliphatic rings. The van der Waals surface area contributed by atoms with Gasteiger partial charge < -0.3 is 21.5 Å². The summed E-state index contributed by atoms with van der Waals surface area (Å²) in [7, 11) is 0. The van der Waals surface area contributed by atoms with E-state index in [1.807, 2.05) is 54.7 Å². The Kier molecular flexibility index (Phi) is 9.50. The summed E-state index contributed by atoms with van der Waals surface area (Å²) >= 11 is 0. The zero-order valence-corrected chi connectivity index (χ0v) is 18.1. The van der Waals surface area contributed by atoms with Gasteiger partial charge >= 0.3 is 0 Å². The molecule has 1 unspecified atom stereocenters. The van der Waals surface area contributed by atoms with Crippen molar-refractivity contribution in [1.29, 1.82) is 0 Å². The van der Waals surface area contributed by atoms with Gasteiger partial charge in [0, 0.05) is 45.9 Å². The molecule has 4 nitrogen and oxygen atoms in total. The number of hydrogen-bond donors (Lipinski definition) is 1. The summed E-state index contributed by atoms with van der Waals surface area (Å²) in [6.45, 7) is 0. The minimum atomic E-state index is -0.685. The van der Waals surface area contributed by atoms with Crippen LogP contribution in [0.5, 0.6) is 0 Å². The molecule has 26 heavy (non-hydrogen) atoms. The van der Waals surface area contributed by atoms with Crippen LogP contribution in [0.2, 0.25) is 0 Å². The molecule has 0 saturated heterocycles. The number of carboxylic acid groups (broad SMARTS) is 1. The van der Waals surface area contributed by atoms with Crippen molar-refractivity contribution in [3.05, 3.63) is 79.6 Å². The van der Waals surface area contributed by atoms with Gasteiger partial charge in [-0.1, -0.05) is 83.9 Å². The molecule has 0 spiro atoms. The molecular formula is C20H16N2O2VW-2. The van der Waals surface area contributed by atoms with Crippen molar-refractivity contribution in [2.24, 2.45) is 5.92 Å². The van der Waals surface area contributed by atoms with Crippen molar-refractivity contribution < 1.29 is 49.5 Å². The molecule has 4 rings (SSSR count). The average Bonchev–Trinajstić information content (AvgIpc) is 3.49. The van der Waals surface area contributed by atoms with E-state index < -0.39 is 5.97 Å². The van der Waals surface area contributed by atoms with Gasteiger partial charge in [-0.25, -0.2) is 0 Å². The molecule has 6 heteroatoms. The van der Waals surface area contributed by atoms with Crippen molar-refractivity contribution in [2.45, 2.75) is 6.42 Å². The summed E-state index contributed by atoms with van der Waals surface area (Å²) in [4.78, 5) is 18.0. The van der Waals surface area contributed by atoms with Crippen molar-refractivity contribution >= 4 is 5.97 Å². The molecule has 0 amide bonds. The quantitative estimate of drug-likeness (QED) is 0.502. The number of carboxylic acids is 1. The van der Waals surface area contributed by atoms with E-state index in [0.717, 1.165) is 28.8 Å². The molecule has 1 atom stereocenters. The zero-order valence-electron chi connectivity index (χ0n) is 13.8. The number of carbonyl (C=O) groups is 1. The maximum Gasteiger partial charge on any atom is 0.273 e. The van der Waals surface area contributed by atoms with Crippen molar-refractivity contribution in [3.8, 4) is 22.4 Å². The van der Waals surface area contributed by atoms with E-state index in [1.165, 1.54) is 0 Å². The molecule has 1 aliphatic carbocycles. The van der Waals surface area contributed by atoms with Crippen LogP contribution in [0.1, 0.15) is 6.42 Å². The van der Waals surface area contributed by atoms with E-state index in [4.69, 9.17) is 5.11 Å². The number of rotatable bonds is 3. The van der Waals surface area contributed by atoms with Gasteiger partial charge in [0.1, 0.15) is 0 Å². The van der Waals surface area contributed by atoms with E-state index >= 15 is 0 Å². The largest absolute Gasteiger partial charge is 0.483 e. The van der Waals surface area contributed by atoms with Crippen LogP contribution >= 0.6 is 0 Å². The smallest absolute Gasteiger partial charge is 0.273 e. The Labute approximate surface area is 179 Å². The van der Waals surface area contributed by atoms with E-state index in [0.29, 0.717) is 0 Å². The minimum absolute atomic E-state index is 0. The Morgan fingerprint density at radius 2 is 1.58 bits per heavy atom. The first-order chi connectivity index (χ1) is 11.8. The molecular weight excluding hydrogens is 535 g/mol. The fraction of sp³-hybridized carbons (Fsp3) is 0.100. The molecule has 1 saturated carbocycles. The summed E-state index contributed by atoms with van der Waals surface area (Å²) in [5.41, 5.74) is 4.14. The average molecular weight is 551 g/mol. The van der Waals surface area contributed by atoms with Gasteiger partial charge in [-0.3, -0.25) is 4.79 Å². The minimum Gasteiger partial charge on any atom is -0.483 e. The molecule has 1 aromatic heterocycles. The van der Waals surface area contributed by atoms with E-state index in [-0.39, 0.29) is 45.5 Å². The predicted molar refractivity (Wildman–Crippen MR) is 91.8 cm³/mol. The van der Waals surface area contributed by atoms with Gasteiger partial charge in [-0.2, -0.15) is 6.42 Å². The summed E-state index contributed by atoms with van der Waals surface area (Å²) in [6, 6.07) is 20.2. The summed E-state index contributed by atoms with van der Waals surface area (Å²) in [5, 5.41) is 8.02. The first kappa shape index (κ1) is 22.3. The van der Waals surface area contributed by atoms with Crippen molar-refractivity contribution in [3.63, 3.8) is 0 Å². The van der Waals surface area contributed by atoms with E-state index in [1.54, 1.807) is 6.42 Å². The van der Waals surface area contributed by atoms with Crippen LogP contribution in [0.3, 0.4) is 0 Å². The topological polar surface area (TPSA) is 63.1 Å². The number of nitrogens with zero attached hydrogens (tertiary/aromatic N) is 2. The van der Waals surface area contributed by atoms with Gasteiger partial charge in [0.15, 0.2) is 0 Å². The molecule has 1 fully saturated rings. The Bertz CT molecular complexity index is 754. The molecule has 0 aliphatic heterocycles. The molecule has 1 radical (unpaired) electrons. The molecule has 0 bridgehead atoms. The normalized spacial score (nSPS) is 13.9. The molecule has 1 N–H and O–H groups in total. The third kappa shape index (κ3) is 6.21. The van der Waals surface area contributed by atoms with Crippen LogP contribution in [0, 0.1) is 18.7 Å². The van der Waals surface area contributed by atoms with Crippen LogP contribution in [0.4, 0.5) is 0 Å². The molecule has 3 aromatic rings. The number of hydrogen-bond acceptors (Lipinski definition) is 3. The molecule has 2 aromatic carbocycles. The van der Waals surface area contributed by atoms with Crippen molar-refractivity contribution in [2.75, 3.05) is 0 Å². The maximum atomic E-state index is 9.73. The summed E-state index contributed by atoms with van der Waals surface area (Å²) in [5.74, 6) is -0.792. The first-order valence-corrected chi connectivity index (χ1v) is 7.66. The van der Waals surface area contributed by atoms with Gasteiger partial charge in [0.2, 0.25) is 0 Å². The maximum absolute atomic E-state index is 9.73. The van der Waals surface area contributed by atoms with Gasteiger partial charge in [0.25, 0.3) is 5.97 Å². The van der Waals surface area contributed by atoms with Gasteiger partial charge in [-0.15, -0.1) is 0 Å². The predicted octanol–water partition coefficient (Wildman–Crippen LogP) is 3.90. The fourth-order valence-corrected chi connectivity index (χ4v) is 2.21. The third-order valence-electron chi connectivity index (χ3n) is 3.59. The van der Waals surface area contributed by atoms with E-state index in [9.17, 15) is 4.79 Å². The summed E-state index contributed by atoms with van der Waals surface area (Å²) < 4.78 is 0. The molecule has 1 heterocycles. The van der Waals surface area contributed by atoms with Gasteiger partial charge in [0.05, 0.1) is 0 Å². The van der Waals surface area contributed by atoms with Crippen LogP contribution in [-0.2, 0) is 44.4 Å². The van der Waals surface area contributed by atoms with Crippen molar-refractivity contribution in [1.82, 2.24) is 9.97 Å². The Morgan fingerprint density at radius 1 is 1.04 bits per heavy atom. The Balaban J connectivity index is 0.000000364. The molecule has 131 valence electrons. The zero-order chi connectivity index (χ0) is 16.8. The Morgan fingerprint density at radius 3 is 2.04 bits per heavy atom. The van der Waals surface area contributed by atoms with Crippen LogP contribution in [-0.4, -0.2) is 21.0 Å². The second-order valence-corrected chi connectivity index (χ2v) is 5.38. The number of benzene rings is 2. The van der Waals surface area contributed by atoms with Crippen LogP contribution < -0.4 is 0 Å². The fourth-order valence-electron chi connectivity index (χ4n) is 2.21. The SMILES string of the molecule is O=C(O)C1[CH-]C1.[V].[W].[c-]1ncc(-c2ccccc2)c(-c2ccccc2)n1. The third-order valence-corrected chi connectivity index (χ3v) is 3.59. The standard InChI is InChI=1S/C16H11N2.C4H5O2.V.W/c1-3-7-13(8-4-1)15-11-17-12-18-16(15)14-9-5-2-6-10-14;5-4(6)3-1-2-3;;/h1-11H;1,3H,2H2,(H,5,6);;/q2*-1;;. The summed E-state index contributed by atoms with van der Waals surface area (Å²) in [6.07, 6.45) is 7.02. The van der Waals surface area contributed by atoms with E-state index in [2.05, 4.69) is 28.4 Å². The van der Waals surface area contributed by atoms with Crippen LogP contribution in [0.15, 0.2) is 66.9 Å². The Hall–Kier alpha value is -1.74. The monoisotopic (exact) mass is 551 g/mol. The number of aromatic nitrogens is 2. The first-order valence-electron chi connectivity index (χ1n) is 7.66. The van der Waals surface area contributed by atoms with Gasteiger partial charge in [-0.05, 0) is 11.3 Å². The second kappa shape index (κ2) is 11.1. The second-order valence-electron chi connectivity index (χ2n) is 5.38. The van der Waals surface area contributed by atoms with Crippen LogP contribution in [0.25, 0.3) is 22.4 Å². The number of aliphatic carboxylic acids is 1.